The highest BCUT2D eigenvalue weighted by molar-refractivity contribution is 5.95. The summed E-state index contributed by atoms with van der Waals surface area (Å²) in [6, 6.07) is 11.6. The molecule has 4 aromatic rings. The maximum Gasteiger partial charge on any atom is 0.270 e. The van der Waals surface area contributed by atoms with Crippen molar-refractivity contribution in [1.82, 2.24) is 14.8 Å². The molecule has 0 N–H and O–H groups in total. The Morgan fingerprint density at radius 3 is 2.79 bits per heavy atom. The Morgan fingerprint density at radius 2 is 2.00 bits per heavy atom. The van der Waals surface area contributed by atoms with Crippen LogP contribution in [0.1, 0.15) is 30.4 Å². The molecule has 168 valence electrons. The number of nitrogens with zero attached hydrogens (tertiary/aromatic N) is 4. The van der Waals surface area contributed by atoms with Crippen LogP contribution in [-0.4, -0.2) is 27.2 Å². The number of aryl methyl sites for hydroxylation is 1. The van der Waals surface area contributed by atoms with E-state index in [0.717, 1.165) is 23.9 Å². The molecule has 0 atom stereocenters. The number of carbonyl (C=O) groups excluding carboxylic acids is 1. The van der Waals surface area contributed by atoms with Crippen molar-refractivity contribution in [2.24, 2.45) is 0 Å². The van der Waals surface area contributed by atoms with Crippen molar-refractivity contribution in [2.75, 3.05) is 11.4 Å². The molecule has 2 aromatic carbocycles. The van der Waals surface area contributed by atoms with E-state index in [1.807, 2.05) is 13.0 Å². The molecule has 0 fully saturated rings. The van der Waals surface area contributed by atoms with E-state index in [-0.39, 0.29) is 23.8 Å². The predicted molar refractivity (Wildman–Crippen MR) is 123 cm³/mol. The number of fused-ring (bicyclic) bond motifs is 2. The zero-order chi connectivity index (χ0) is 23.1. The summed E-state index contributed by atoms with van der Waals surface area (Å²) in [5.41, 5.74) is 4.41. The number of amides is 1. The van der Waals surface area contributed by atoms with Gasteiger partial charge in [0.1, 0.15) is 17.9 Å². The van der Waals surface area contributed by atoms with Gasteiger partial charge < -0.3 is 9.32 Å². The summed E-state index contributed by atoms with van der Waals surface area (Å²) in [7, 11) is 0. The molecule has 0 bridgehead atoms. The van der Waals surface area contributed by atoms with Crippen LogP contribution in [0.15, 0.2) is 51.7 Å². The minimum absolute atomic E-state index is 0.213. The van der Waals surface area contributed by atoms with Crippen molar-refractivity contribution >= 4 is 22.7 Å². The van der Waals surface area contributed by atoms with Crippen molar-refractivity contribution in [1.29, 1.82) is 0 Å². The summed E-state index contributed by atoms with van der Waals surface area (Å²) < 4.78 is 20.7. The van der Waals surface area contributed by atoms with Crippen LogP contribution in [0, 0.1) is 12.7 Å². The van der Waals surface area contributed by atoms with Crippen LogP contribution in [0.5, 0.6) is 0 Å². The van der Waals surface area contributed by atoms with Crippen molar-refractivity contribution in [2.45, 2.75) is 39.7 Å². The third-order valence-corrected chi connectivity index (χ3v) is 6.01. The number of anilines is 1. The summed E-state index contributed by atoms with van der Waals surface area (Å²) in [4.78, 5) is 32.2. The largest absolute Gasteiger partial charge is 0.441 e. The SMILES string of the molecule is CCN(C(=O)Cn1nc(-c2cccc(F)c2)c2c(c1=O)CCC2)c1ccc2nc(C)oc2c1. The van der Waals surface area contributed by atoms with Gasteiger partial charge in [-0.05, 0) is 56.0 Å². The molecule has 0 saturated heterocycles. The number of halogens is 1. The zero-order valence-electron chi connectivity index (χ0n) is 18.5. The molecular weight excluding hydrogens is 423 g/mol. The van der Waals surface area contributed by atoms with Gasteiger partial charge in [0.15, 0.2) is 11.5 Å². The average molecular weight is 446 g/mol. The number of likely N-dealkylation sites (N-methyl/N-ethyl adjacent to an activating group) is 1. The van der Waals surface area contributed by atoms with Gasteiger partial charge in [-0.25, -0.2) is 14.1 Å². The lowest BCUT2D eigenvalue weighted by Crippen LogP contribution is -2.38. The van der Waals surface area contributed by atoms with E-state index in [1.54, 1.807) is 36.1 Å². The maximum atomic E-state index is 13.9. The Morgan fingerprint density at radius 1 is 1.18 bits per heavy atom. The topological polar surface area (TPSA) is 81.2 Å². The fourth-order valence-corrected chi connectivity index (χ4v) is 4.51. The summed E-state index contributed by atoms with van der Waals surface area (Å²) in [5, 5.41) is 4.52. The normalized spacial score (nSPS) is 12.8. The number of rotatable bonds is 5. The van der Waals surface area contributed by atoms with Gasteiger partial charge in [0.25, 0.3) is 5.56 Å². The highest BCUT2D eigenvalue weighted by Gasteiger charge is 2.25. The number of aromatic nitrogens is 3. The van der Waals surface area contributed by atoms with Crippen LogP contribution in [0.3, 0.4) is 0 Å². The van der Waals surface area contributed by atoms with Crippen molar-refractivity contribution in [3.05, 3.63) is 75.7 Å². The summed E-state index contributed by atoms with van der Waals surface area (Å²) in [6.07, 6.45) is 2.19. The van der Waals surface area contributed by atoms with Gasteiger partial charge in [0.2, 0.25) is 5.91 Å². The lowest BCUT2D eigenvalue weighted by atomic mass is 10.0. The second-order valence-corrected chi connectivity index (χ2v) is 8.16. The fourth-order valence-electron chi connectivity index (χ4n) is 4.51. The predicted octanol–water partition coefficient (Wildman–Crippen LogP) is 4.04. The number of benzene rings is 2. The van der Waals surface area contributed by atoms with Gasteiger partial charge in [-0.1, -0.05) is 12.1 Å². The van der Waals surface area contributed by atoms with Crippen LogP contribution in [0.2, 0.25) is 0 Å². The van der Waals surface area contributed by atoms with E-state index in [2.05, 4.69) is 10.1 Å². The molecule has 7 nitrogen and oxygen atoms in total. The quantitative estimate of drug-likeness (QED) is 0.462. The average Bonchev–Trinajstić information content (AvgIpc) is 3.42. The smallest absolute Gasteiger partial charge is 0.270 e. The van der Waals surface area contributed by atoms with Gasteiger partial charge in [0.05, 0.1) is 5.69 Å². The lowest BCUT2D eigenvalue weighted by molar-refractivity contribution is -0.119. The van der Waals surface area contributed by atoms with Crippen molar-refractivity contribution < 1.29 is 13.6 Å². The van der Waals surface area contributed by atoms with Crippen LogP contribution >= 0.6 is 0 Å². The van der Waals surface area contributed by atoms with Gasteiger partial charge in [-0.3, -0.25) is 9.59 Å². The third kappa shape index (κ3) is 3.82. The molecule has 33 heavy (non-hydrogen) atoms. The molecule has 0 saturated carbocycles. The van der Waals surface area contributed by atoms with Crippen LogP contribution in [-0.2, 0) is 24.2 Å². The third-order valence-electron chi connectivity index (χ3n) is 6.01. The minimum atomic E-state index is -0.370. The number of hydrogen-bond acceptors (Lipinski definition) is 5. The van der Waals surface area contributed by atoms with Gasteiger partial charge in [0, 0.05) is 36.3 Å². The van der Waals surface area contributed by atoms with Gasteiger partial charge >= 0.3 is 0 Å². The van der Waals surface area contributed by atoms with Crippen LogP contribution in [0.25, 0.3) is 22.4 Å². The first-order valence-electron chi connectivity index (χ1n) is 11.0. The standard InChI is InChI=1S/C25H23FN4O3/c1-3-29(18-10-11-21-22(13-18)33-15(2)27-21)23(31)14-30-25(32)20-9-5-8-19(20)24(28-30)16-6-4-7-17(26)12-16/h4,6-7,10-13H,3,5,8-9,14H2,1-2H3. The van der Waals surface area contributed by atoms with E-state index in [1.165, 1.54) is 16.8 Å². The lowest BCUT2D eigenvalue weighted by Gasteiger charge is -2.21. The van der Waals surface area contributed by atoms with E-state index in [0.29, 0.717) is 46.9 Å². The Balaban J connectivity index is 1.51. The molecule has 2 heterocycles. The highest BCUT2D eigenvalue weighted by Crippen LogP contribution is 2.29. The first-order valence-corrected chi connectivity index (χ1v) is 11.0. The van der Waals surface area contributed by atoms with Gasteiger partial charge in [-0.15, -0.1) is 0 Å². The number of oxazole rings is 1. The Bertz CT molecular complexity index is 1440. The Hall–Kier alpha value is -3.81. The molecule has 1 aliphatic carbocycles. The first-order chi connectivity index (χ1) is 15.9. The molecule has 0 spiro atoms. The summed E-state index contributed by atoms with van der Waals surface area (Å²) >= 11 is 0. The summed E-state index contributed by atoms with van der Waals surface area (Å²) in [6.45, 7) is 3.83. The molecule has 2 aromatic heterocycles. The monoisotopic (exact) mass is 446 g/mol. The van der Waals surface area contributed by atoms with Crippen molar-refractivity contribution in [3.8, 4) is 11.3 Å². The Labute approximate surface area is 189 Å². The van der Waals surface area contributed by atoms with Crippen molar-refractivity contribution in [3.63, 3.8) is 0 Å². The molecule has 5 rings (SSSR count). The molecule has 8 heteroatoms. The molecule has 0 aliphatic heterocycles. The molecule has 0 unspecified atom stereocenters. The molecule has 1 amide bonds. The number of hydrogen-bond donors (Lipinski definition) is 0. The molecular formula is C25H23FN4O3. The van der Waals surface area contributed by atoms with Crippen LogP contribution < -0.4 is 10.5 Å². The van der Waals surface area contributed by atoms with Crippen LogP contribution in [0.4, 0.5) is 10.1 Å². The fraction of sp³-hybridized carbons (Fsp3) is 0.280. The Kier molecular flexibility index (Phi) is 5.28. The maximum absolute atomic E-state index is 13.9. The summed E-state index contributed by atoms with van der Waals surface area (Å²) in [5.74, 6) is -0.0915. The van der Waals surface area contributed by atoms with Gasteiger partial charge in [-0.2, -0.15) is 5.10 Å². The highest BCUT2D eigenvalue weighted by atomic mass is 19.1. The second-order valence-electron chi connectivity index (χ2n) is 8.16. The van der Waals surface area contributed by atoms with E-state index < -0.39 is 0 Å². The first kappa shape index (κ1) is 21.1. The van der Waals surface area contributed by atoms with E-state index in [4.69, 9.17) is 4.42 Å². The number of carbonyl (C=O) groups is 1. The molecule has 0 radical (unpaired) electrons. The minimum Gasteiger partial charge on any atom is -0.441 e. The van der Waals surface area contributed by atoms with E-state index >= 15 is 0 Å². The molecule has 1 aliphatic rings. The zero-order valence-corrected chi connectivity index (χ0v) is 18.5. The van der Waals surface area contributed by atoms with E-state index in [9.17, 15) is 14.0 Å². The second kappa shape index (κ2) is 8.27.